The Morgan fingerprint density at radius 2 is 1.09 bits per heavy atom. The smallest absolute Gasteiger partial charge is 0.0552 e. The maximum Gasteiger partial charge on any atom is 0.0552 e. The molecule has 1 N–H and O–H groups in total. The number of hydrogen-bond acceptors (Lipinski definition) is 1. The molecule has 0 aliphatic carbocycles. The SMILES string of the molecule is c1ccc2c(c1)ccc1c2sc2c3ccccc3c3[nH]c4ccc5ccccc5c4c3c12. The molecule has 0 aliphatic heterocycles. The minimum Gasteiger partial charge on any atom is -0.354 e. The van der Waals surface area contributed by atoms with Crippen molar-refractivity contribution in [2.24, 2.45) is 0 Å². The number of hydrogen-bond donors (Lipinski definition) is 1. The van der Waals surface area contributed by atoms with Gasteiger partial charge >= 0.3 is 0 Å². The molecule has 0 bridgehead atoms. The van der Waals surface area contributed by atoms with E-state index in [1.807, 2.05) is 11.3 Å². The largest absolute Gasteiger partial charge is 0.354 e. The van der Waals surface area contributed by atoms with Gasteiger partial charge in [0.2, 0.25) is 0 Å². The Balaban J connectivity index is 1.78. The summed E-state index contributed by atoms with van der Waals surface area (Å²) < 4.78 is 2.76. The summed E-state index contributed by atoms with van der Waals surface area (Å²) in [4.78, 5) is 3.80. The van der Waals surface area contributed by atoms with E-state index in [4.69, 9.17) is 0 Å². The van der Waals surface area contributed by atoms with Gasteiger partial charge in [-0.25, -0.2) is 0 Å². The molecule has 2 heteroatoms. The molecule has 1 nitrogen and oxygen atoms in total. The predicted molar refractivity (Wildman–Crippen MR) is 141 cm³/mol. The fraction of sp³-hybridized carbons (Fsp3) is 0. The van der Waals surface area contributed by atoms with Crippen molar-refractivity contribution in [1.82, 2.24) is 4.98 Å². The summed E-state index contributed by atoms with van der Waals surface area (Å²) in [5.74, 6) is 0. The van der Waals surface area contributed by atoms with Gasteiger partial charge < -0.3 is 4.98 Å². The normalized spacial score (nSPS) is 12.4. The fourth-order valence-electron chi connectivity index (χ4n) is 5.58. The van der Waals surface area contributed by atoms with E-state index in [0.29, 0.717) is 0 Å². The monoisotopic (exact) mass is 423 g/mol. The second kappa shape index (κ2) is 5.87. The molecular weight excluding hydrogens is 406 g/mol. The summed E-state index contributed by atoms with van der Waals surface area (Å²) in [5, 5.41) is 13.3. The molecule has 0 amide bonds. The van der Waals surface area contributed by atoms with Gasteiger partial charge in [0.05, 0.1) is 5.52 Å². The predicted octanol–water partition coefficient (Wildman–Crippen LogP) is 9.15. The number of H-pyrrole nitrogens is 1. The van der Waals surface area contributed by atoms with Crippen molar-refractivity contribution in [2.75, 3.05) is 0 Å². The third kappa shape index (κ3) is 1.99. The summed E-state index contributed by atoms with van der Waals surface area (Å²) in [6.07, 6.45) is 0. The molecule has 2 heterocycles. The van der Waals surface area contributed by atoms with E-state index in [0.717, 1.165) is 0 Å². The average molecular weight is 424 g/mol. The minimum absolute atomic E-state index is 1.21. The molecule has 0 aliphatic rings. The lowest BCUT2D eigenvalue weighted by molar-refractivity contribution is 1.57. The number of fused-ring (bicyclic) bond motifs is 14. The average Bonchev–Trinajstić information content (AvgIpc) is 3.43. The summed E-state index contributed by atoms with van der Waals surface area (Å²) in [6.45, 7) is 0. The highest BCUT2D eigenvalue weighted by Crippen LogP contribution is 2.48. The Morgan fingerprint density at radius 1 is 0.438 bits per heavy atom. The van der Waals surface area contributed by atoms with E-state index in [2.05, 4.69) is 102 Å². The van der Waals surface area contributed by atoms with Gasteiger partial charge in [-0.15, -0.1) is 11.3 Å². The van der Waals surface area contributed by atoms with Gasteiger partial charge in [0.1, 0.15) is 0 Å². The molecule has 0 radical (unpaired) electrons. The number of rotatable bonds is 0. The molecule has 0 atom stereocenters. The number of aromatic amines is 1. The van der Waals surface area contributed by atoms with Crippen LogP contribution >= 0.6 is 11.3 Å². The van der Waals surface area contributed by atoms with Crippen LogP contribution in [0.25, 0.3) is 74.3 Å². The molecule has 0 saturated carbocycles. The number of nitrogens with one attached hydrogen (secondary N) is 1. The number of benzene rings is 6. The molecule has 0 spiro atoms. The minimum atomic E-state index is 1.21. The topological polar surface area (TPSA) is 15.8 Å². The fourth-order valence-corrected chi connectivity index (χ4v) is 6.96. The Bertz CT molecular complexity index is 2020. The van der Waals surface area contributed by atoms with E-state index in [9.17, 15) is 0 Å². The zero-order chi connectivity index (χ0) is 20.8. The van der Waals surface area contributed by atoms with E-state index >= 15 is 0 Å². The van der Waals surface area contributed by atoms with Gasteiger partial charge in [0, 0.05) is 47.2 Å². The quantitative estimate of drug-likeness (QED) is 0.250. The van der Waals surface area contributed by atoms with Gasteiger partial charge in [-0.05, 0) is 27.6 Å². The van der Waals surface area contributed by atoms with Gasteiger partial charge in [0.15, 0.2) is 0 Å². The highest BCUT2D eigenvalue weighted by molar-refractivity contribution is 7.27. The molecule has 0 saturated heterocycles. The zero-order valence-corrected chi connectivity index (χ0v) is 18.0. The molecule has 8 aromatic rings. The van der Waals surface area contributed by atoms with Crippen molar-refractivity contribution in [1.29, 1.82) is 0 Å². The third-order valence-electron chi connectivity index (χ3n) is 6.96. The van der Waals surface area contributed by atoms with Crippen molar-refractivity contribution in [3.8, 4) is 0 Å². The van der Waals surface area contributed by atoms with Crippen LogP contribution < -0.4 is 0 Å². The van der Waals surface area contributed by atoms with Crippen LogP contribution in [0.1, 0.15) is 0 Å². The van der Waals surface area contributed by atoms with Crippen molar-refractivity contribution in [2.45, 2.75) is 0 Å². The molecule has 2 aromatic heterocycles. The van der Waals surface area contributed by atoms with Crippen LogP contribution in [0.4, 0.5) is 0 Å². The van der Waals surface area contributed by atoms with Crippen molar-refractivity contribution in [3.05, 3.63) is 97.1 Å². The Labute approximate surface area is 187 Å². The number of aromatic nitrogens is 1. The summed E-state index contributed by atoms with van der Waals surface area (Å²) in [6, 6.07) is 35.4. The van der Waals surface area contributed by atoms with Crippen LogP contribution in [-0.4, -0.2) is 4.98 Å². The van der Waals surface area contributed by atoms with Gasteiger partial charge in [-0.2, -0.15) is 0 Å². The molecular formula is C30H17NS. The lowest BCUT2D eigenvalue weighted by Gasteiger charge is -2.05. The standard InChI is InChI=1S/C30H17NS/c1-3-9-19-17(7-1)14-16-24-25(19)27-26-23-15-13-18-8-2-4-10-20(18)29(23)32-30(26)22-12-6-5-11-21(22)28(27)31-24/h1-16,31H. The van der Waals surface area contributed by atoms with Crippen LogP contribution in [0.15, 0.2) is 97.1 Å². The van der Waals surface area contributed by atoms with Gasteiger partial charge in [0.25, 0.3) is 0 Å². The third-order valence-corrected chi connectivity index (χ3v) is 8.23. The van der Waals surface area contributed by atoms with E-state index < -0.39 is 0 Å². The first-order valence-corrected chi connectivity index (χ1v) is 11.8. The summed E-state index contributed by atoms with van der Waals surface area (Å²) in [5.41, 5.74) is 2.45. The van der Waals surface area contributed by atoms with Crippen molar-refractivity contribution >= 4 is 85.6 Å². The second-order valence-electron chi connectivity index (χ2n) is 8.60. The molecule has 32 heavy (non-hydrogen) atoms. The van der Waals surface area contributed by atoms with E-state index in [-0.39, 0.29) is 0 Å². The molecule has 6 aromatic carbocycles. The number of thiophene rings is 1. The van der Waals surface area contributed by atoms with Gasteiger partial charge in [-0.3, -0.25) is 0 Å². The molecule has 0 unspecified atom stereocenters. The first-order chi connectivity index (χ1) is 15.9. The summed E-state index contributed by atoms with van der Waals surface area (Å²) in [7, 11) is 0. The lowest BCUT2D eigenvalue weighted by atomic mass is 9.96. The van der Waals surface area contributed by atoms with Crippen LogP contribution in [0.5, 0.6) is 0 Å². The molecule has 8 rings (SSSR count). The lowest BCUT2D eigenvalue weighted by Crippen LogP contribution is -1.79. The highest BCUT2D eigenvalue weighted by atomic mass is 32.1. The van der Waals surface area contributed by atoms with Crippen LogP contribution in [0, 0.1) is 0 Å². The second-order valence-corrected chi connectivity index (χ2v) is 9.62. The maximum atomic E-state index is 3.80. The Morgan fingerprint density at radius 3 is 1.94 bits per heavy atom. The molecule has 0 fully saturated rings. The first kappa shape index (κ1) is 16.8. The van der Waals surface area contributed by atoms with Crippen molar-refractivity contribution in [3.63, 3.8) is 0 Å². The van der Waals surface area contributed by atoms with Crippen molar-refractivity contribution < 1.29 is 0 Å². The first-order valence-electron chi connectivity index (χ1n) is 11.0. The molecule has 148 valence electrons. The Kier molecular flexibility index (Phi) is 3.08. The Hall–Kier alpha value is -3.88. The zero-order valence-electron chi connectivity index (χ0n) is 17.1. The maximum absolute atomic E-state index is 3.80. The van der Waals surface area contributed by atoms with E-state index in [1.54, 1.807) is 0 Å². The van der Waals surface area contributed by atoms with Crippen LogP contribution in [0.2, 0.25) is 0 Å². The van der Waals surface area contributed by atoms with Crippen LogP contribution in [0.3, 0.4) is 0 Å². The van der Waals surface area contributed by atoms with Crippen LogP contribution in [-0.2, 0) is 0 Å². The highest BCUT2D eigenvalue weighted by Gasteiger charge is 2.19. The van der Waals surface area contributed by atoms with E-state index in [1.165, 1.54) is 74.3 Å². The summed E-state index contributed by atoms with van der Waals surface area (Å²) >= 11 is 1.94. The van der Waals surface area contributed by atoms with Gasteiger partial charge in [-0.1, -0.05) is 91.0 Å².